The van der Waals surface area contributed by atoms with Crippen LogP contribution < -0.4 is 0 Å². The predicted octanol–water partition coefficient (Wildman–Crippen LogP) is 2.86. The van der Waals surface area contributed by atoms with Crippen LogP contribution in [0.1, 0.15) is 23.0 Å². The van der Waals surface area contributed by atoms with Gasteiger partial charge in [-0.2, -0.15) is 0 Å². The molecule has 2 aromatic carbocycles. The molecule has 1 unspecified atom stereocenters. The summed E-state index contributed by atoms with van der Waals surface area (Å²) in [5.41, 5.74) is 1.52. The average Bonchev–Trinajstić information content (AvgIpc) is 2.45. The van der Waals surface area contributed by atoms with Gasteiger partial charge in [-0.1, -0.05) is 30.0 Å². The van der Waals surface area contributed by atoms with Gasteiger partial charge >= 0.3 is 0 Å². The van der Waals surface area contributed by atoms with Gasteiger partial charge in [-0.15, -0.1) is 0 Å². The van der Waals surface area contributed by atoms with Crippen LogP contribution in [0, 0.1) is 17.7 Å². The lowest BCUT2D eigenvalue weighted by Gasteiger charge is -2.09. The molecule has 2 rings (SSSR count). The molecule has 0 heterocycles. The van der Waals surface area contributed by atoms with Crippen molar-refractivity contribution in [3.8, 4) is 11.8 Å². The van der Waals surface area contributed by atoms with Crippen molar-refractivity contribution in [2.75, 3.05) is 7.11 Å². The number of rotatable bonds is 2. The second-order valence-corrected chi connectivity index (χ2v) is 3.94. The van der Waals surface area contributed by atoms with Crippen LogP contribution in [0.3, 0.4) is 0 Å². The maximum absolute atomic E-state index is 13.7. The van der Waals surface area contributed by atoms with Crippen molar-refractivity contribution in [2.45, 2.75) is 6.29 Å². The molecule has 0 aliphatic carbocycles. The summed E-state index contributed by atoms with van der Waals surface area (Å²) in [4.78, 5) is 0. The summed E-state index contributed by atoms with van der Waals surface area (Å²) < 4.78 is 18.4. The van der Waals surface area contributed by atoms with E-state index in [4.69, 9.17) is 0 Å². The monoisotopic (exact) mass is 256 g/mol. The van der Waals surface area contributed by atoms with E-state index in [1.54, 1.807) is 6.07 Å². The zero-order valence-electron chi connectivity index (χ0n) is 10.4. The second kappa shape index (κ2) is 6.14. The highest BCUT2D eigenvalue weighted by molar-refractivity contribution is 5.43. The van der Waals surface area contributed by atoms with Gasteiger partial charge in [0.2, 0.25) is 0 Å². The maximum Gasteiger partial charge on any atom is 0.183 e. The van der Waals surface area contributed by atoms with Crippen molar-refractivity contribution in [2.24, 2.45) is 0 Å². The highest BCUT2D eigenvalue weighted by Gasteiger charge is 2.11. The SMILES string of the molecule is COC(O)c1ccc(C#Cc2ccccc2)cc1F. The first-order chi connectivity index (χ1) is 9.20. The molecule has 96 valence electrons. The van der Waals surface area contributed by atoms with Gasteiger partial charge in [0, 0.05) is 23.8 Å². The van der Waals surface area contributed by atoms with Crippen LogP contribution in [0.15, 0.2) is 48.5 Å². The molecule has 1 N–H and O–H groups in total. The quantitative estimate of drug-likeness (QED) is 0.661. The molecular weight excluding hydrogens is 243 g/mol. The van der Waals surface area contributed by atoms with E-state index in [1.165, 1.54) is 19.2 Å². The Morgan fingerprint density at radius 2 is 1.74 bits per heavy atom. The molecule has 0 saturated heterocycles. The summed E-state index contributed by atoms with van der Waals surface area (Å²) in [5.74, 6) is 5.28. The van der Waals surface area contributed by atoms with Crippen molar-refractivity contribution < 1.29 is 14.2 Å². The first-order valence-corrected chi connectivity index (χ1v) is 5.78. The van der Waals surface area contributed by atoms with E-state index in [1.807, 2.05) is 30.3 Å². The summed E-state index contributed by atoms with van der Waals surface area (Å²) in [6.45, 7) is 0. The van der Waals surface area contributed by atoms with Crippen LogP contribution >= 0.6 is 0 Å². The minimum absolute atomic E-state index is 0.104. The lowest BCUT2D eigenvalue weighted by Crippen LogP contribution is -2.02. The first-order valence-electron chi connectivity index (χ1n) is 5.78. The van der Waals surface area contributed by atoms with Crippen molar-refractivity contribution in [1.82, 2.24) is 0 Å². The topological polar surface area (TPSA) is 29.5 Å². The molecule has 0 aliphatic heterocycles. The molecule has 19 heavy (non-hydrogen) atoms. The number of halogens is 1. The normalized spacial score (nSPS) is 11.5. The highest BCUT2D eigenvalue weighted by Crippen LogP contribution is 2.18. The van der Waals surface area contributed by atoms with Gasteiger partial charge in [0.25, 0.3) is 0 Å². The summed E-state index contributed by atoms with van der Waals surface area (Å²) in [7, 11) is 1.31. The Morgan fingerprint density at radius 3 is 2.37 bits per heavy atom. The molecule has 0 aromatic heterocycles. The molecule has 0 fully saturated rings. The molecule has 0 spiro atoms. The van der Waals surface area contributed by atoms with E-state index in [2.05, 4.69) is 16.6 Å². The Balaban J connectivity index is 2.24. The number of aliphatic hydroxyl groups excluding tert-OH is 1. The number of aliphatic hydroxyl groups is 1. The minimum Gasteiger partial charge on any atom is -0.364 e. The summed E-state index contributed by atoms with van der Waals surface area (Å²) in [6.07, 6.45) is -1.25. The van der Waals surface area contributed by atoms with E-state index in [-0.39, 0.29) is 5.56 Å². The lowest BCUT2D eigenvalue weighted by atomic mass is 10.1. The van der Waals surface area contributed by atoms with Crippen molar-refractivity contribution in [1.29, 1.82) is 0 Å². The molecule has 1 atom stereocenters. The van der Waals surface area contributed by atoms with E-state index in [0.717, 1.165) is 5.56 Å². The third kappa shape index (κ3) is 3.41. The lowest BCUT2D eigenvalue weighted by molar-refractivity contribution is -0.0790. The molecule has 2 nitrogen and oxygen atoms in total. The smallest absolute Gasteiger partial charge is 0.183 e. The number of ether oxygens (including phenoxy) is 1. The fourth-order valence-electron chi connectivity index (χ4n) is 1.60. The fraction of sp³-hybridized carbons (Fsp3) is 0.125. The largest absolute Gasteiger partial charge is 0.364 e. The zero-order chi connectivity index (χ0) is 13.7. The first kappa shape index (κ1) is 13.3. The molecule has 3 heteroatoms. The van der Waals surface area contributed by atoms with Crippen LogP contribution in [0.5, 0.6) is 0 Å². The average molecular weight is 256 g/mol. The van der Waals surface area contributed by atoms with Gasteiger partial charge in [0.15, 0.2) is 6.29 Å². The van der Waals surface area contributed by atoms with E-state index in [9.17, 15) is 9.50 Å². The maximum atomic E-state index is 13.7. The van der Waals surface area contributed by atoms with Crippen LogP contribution in [0.25, 0.3) is 0 Å². The Labute approximate surface area is 111 Å². The standard InChI is InChI=1S/C16H13FO2/c1-19-16(18)14-10-9-13(11-15(14)17)8-7-12-5-3-2-4-6-12/h2-6,9-11,16,18H,1H3. The van der Waals surface area contributed by atoms with E-state index in [0.29, 0.717) is 5.56 Å². The van der Waals surface area contributed by atoms with Crippen molar-refractivity contribution >= 4 is 0 Å². The second-order valence-electron chi connectivity index (χ2n) is 3.94. The van der Waals surface area contributed by atoms with Gasteiger partial charge in [-0.3, -0.25) is 0 Å². The molecule has 0 aliphatic rings. The minimum atomic E-state index is -1.25. The summed E-state index contributed by atoms with van der Waals surface area (Å²) in [5, 5.41) is 9.41. The van der Waals surface area contributed by atoms with Gasteiger partial charge in [-0.05, 0) is 30.3 Å². The third-order valence-electron chi connectivity index (χ3n) is 2.61. The Kier molecular flexibility index (Phi) is 4.30. The van der Waals surface area contributed by atoms with Gasteiger partial charge in [-0.25, -0.2) is 4.39 Å². The van der Waals surface area contributed by atoms with Gasteiger partial charge < -0.3 is 9.84 Å². The zero-order valence-corrected chi connectivity index (χ0v) is 10.4. The van der Waals surface area contributed by atoms with E-state index >= 15 is 0 Å². The van der Waals surface area contributed by atoms with Crippen LogP contribution in [-0.4, -0.2) is 12.2 Å². The summed E-state index contributed by atoms with van der Waals surface area (Å²) >= 11 is 0. The third-order valence-corrected chi connectivity index (χ3v) is 2.61. The Morgan fingerprint density at radius 1 is 1.05 bits per heavy atom. The van der Waals surface area contributed by atoms with Crippen molar-refractivity contribution in [3.05, 3.63) is 71.0 Å². The molecule has 0 bridgehead atoms. The number of hydrogen-bond acceptors (Lipinski definition) is 2. The molecule has 0 radical (unpaired) electrons. The van der Waals surface area contributed by atoms with Crippen LogP contribution in [0.4, 0.5) is 4.39 Å². The summed E-state index contributed by atoms with van der Waals surface area (Å²) in [6, 6.07) is 13.9. The van der Waals surface area contributed by atoms with Crippen molar-refractivity contribution in [3.63, 3.8) is 0 Å². The number of benzene rings is 2. The Hall–Kier alpha value is -2.15. The Bertz CT molecular complexity index is 612. The molecule has 0 saturated carbocycles. The molecular formula is C16H13FO2. The van der Waals surface area contributed by atoms with Gasteiger partial charge in [0.1, 0.15) is 5.82 Å². The van der Waals surface area contributed by atoms with Crippen LogP contribution in [0.2, 0.25) is 0 Å². The predicted molar refractivity (Wildman–Crippen MR) is 70.8 cm³/mol. The molecule has 0 amide bonds. The van der Waals surface area contributed by atoms with E-state index < -0.39 is 12.1 Å². The van der Waals surface area contributed by atoms with Gasteiger partial charge in [0.05, 0.1) is 0 Å². The number of hydrogen-bond donors (Lipinski definition) is 1. The molecule has 2 aromatic rings. The van der Waals surface area contributed by atoms with Crippen LogP contribution in [-0.2, 0) is 4.74 Å². The number of methoxy groups -OCH3 is 1. The highest BCUT2D eigenvalue weighted by atomic mass is 19.1. The fourth-order valence-corrected chi connectivity index (χ4v) is 1.60.